The Morgan fingerprint density at radius 3 is 3.36 bits per heavy atom. The summed E-state index contributed by atoms with van der Waals surface area (Å²) in [6.07, 6.45) is 3.42. The molecule has 1 fully saturated rings. The van der Waals surface area contributed by atoms with E-state index in [1.54, 1.807) is 0 Å². The number of nitrogens with zero attached hydrogens (tertiary/aromatic N) is 3. The van der Waals surface area contributed by atoms with Gasteiger partial charge < -0.3 is 5.11 Å². The summed E-state index contributed by atoms with van der Waals surface area (Å²) in [5.41, 5.74) is 3.72. The van der Waals surface area contributed by atoms with Crippen LogP contribution in [0.1, 0.15) is 18.2 Å². The fourth-order valence-corrected chi connectivity index (χ4v) is 1.41. The predicted molar refractivity (Wildman–Crippen MR) is 48.4 cm³/mol. The van der Waals surface area contributed by atoms with Crippen LogP contribution in [0.4, 0.5) is 0 Å². The number of hydroxylamine groups is 1. The first-order valence-electron chi connectivity index (χ1n) is 4.76. The second kappa shape index (κ2) is 4.50. The summed E-state index contributed by atoms with van der Waals surface area (Å²) in [5, 5.41) is 16.7. The molecule has 2 N–H and O–H groups in total. The van der Waals surface area contributed by atoms with Gasteiger partial charge in [-0.1, -0.05) is 5.21 Å². The monoisotopic (exact) mass is 198 g/mol. The molecule has 1 atom stereocenters. The Morgan fingerprint density at radius 2 is 2.64 bits per heavy atom. The summed E-state index contributed by atoms with van der Waals surface area (Å²) in [6, 6.07) is 0.241. The third-order valence-electron chi connectivity index (χ3n) is 2.22. The summed E-state index contributed by atoms with van der Waals surface area (Å²) in [6.45, 7) is 1.59. The lowest BCUT2D eigenvalue weighted by molar-refractivity contribution is 0.0968. The van der Waals surface area contributed by atoms with E-state index in [-0.39, 0.29) is 12.6 Å². The Hall–Kier alpha value is -0.980. The van der Waals surface area contributed by atoms with E-state index in [4.69, 9.17) is 9.94 Å². The van der Waals surface area contributed by atoms with Gasteiger partial charge in [0.25, 0.3) is 0 Å². The number of hydrogen-bond donors (Lipinski definition) is 2. The molecule has 0 aromatic carbocycles. The number of aromatic nitrogens is 3. The van der Waals surface area contributed by atoms with Gasteiger partial charge in [0.15, 0.2) is 0 Å². The third-order valence-corrected chi connectivity index (χ3v) is 2.22. The van der Waals surface area contributed by atoms with Crippen molar-refractivity contribution in [1.29, 1.82) is 0 Å². The van der Waals surface area contributed by atoms with Crippen LogP contribution in [0.5, 0.6) is 0 Å². The van der Waals surface area contributed by atoms with E-state index in [0.717, 1.165) is 25.1 Å². The predicted octanol–water partition coefficient (Wildman–Crippen LogP) is -0.721. The summed E-state index contributed by atoms with van der Waals surface area (Å²) < 4.78 is 1.81. The van der Waals surface area contributed by atoms with Crippen LogP contribution in [0.2, 0.25) is 0 Å². The van der Waals surface area contributed by atoms with Crippen LogP contribution in [-0.2, 0) is 11.3 Å². The van der Waals surface area contributed by atoms with Crippen LogP contribution in [-0.4, -0.2) is 39.9 Å². The van der Waals surface area contributed by atoms with E-state index < -0.39 is 0 Å². The summed E-state index contributed by atoms with van der Waals surface area (Å²) in [7, 11) is 0. The first-order valence-corrected chi connectivity index (χ1v) is 4.76. The molecule has 1 aliphatic rings. The van der Waals surface area contributed by atoms with Crippen LogP contribution in [0.15, 0.2) is 6.20 Å². The molecule has 6 nitrogen and oxygen atoms in total. The molecule has 6 heteroatoms. The third kappa shape index (κ3) is 2.09. The molecule has 0 unspecified atom stereocenters. The van der Waals surface area contributed by atoms with E-state index in [9.17, 15) is 0 Å². The Kier molecular flexibility index (Phi) is 3.07. The van der Waals surface area contributed by atoms with E-state index in [0.29, 0.717) is 6.61 Å². The largest absolute Gasteiger partial charge is 0.396 e. The smallest absolute Gasteiger partial charge is 0.0937 e. The maximum Gasteiger partial charge on any atom is 0.0937 e. The molecule has 0 bridgehead atoms. The minimum atomic E-state index is 0.195. The van der Waals surface area contributed by atoms with Crippen molar-refractivity contribution in [3.63, 3.8) is 0 Å². The van der Waals surface area contributed by atoms with Crippen molar-refractivity contribution in [3.05, 3.63) is 11.9 Å². The molecule has 1 saturated heterocycles. The van der Waals surface area contributed by atoms with E-state index >= 15 is 0 Å². The number of aliphatic hydroxyl groups excluding tert-OH is 1. The van der Waals surface area contributed by atoms with Gasteiger partial charge in [0.1, 0.15) is 0 Å². The van der Waals surface area contributed by atoms with Crippen molar-refractivity contribution in [2.45, 2.75) is 18.9 Å². The molecule has 0 aliphatic carbocycles. The zero-order chi connectivity index (χ0) is 9.80. The lowest BCUT2D eigenvalue weighted by atomic mass is 10.2. The maximum absolute atomic E-state index is 8.66. The minimum Gasteiger partial charge on any atom is -0.396 e. The number of hydrogen-bond acceptors (Lipinski definition) is 5. The van der Waals surface area contributed by atoms with Gasteiger partial charge in [0.05, 0.1) is 18.3 Å². The summed E-state index contributed by atoms with van der Waals surface area (Å²) >= 11 is 0. The second-order valence-electron chi connectivity index (χ2n) is 3.33. The lowest BCUT2D eigenvalue weighted by Gasteiger charge is -2.03. The first kappa shape index (κ1) is 9.57. The fourth-order valence-electron chi connectivity index (χ4n) is 1.41. The van der Waals surface area contributed by atoms with Gasteiger partial charge in [-0.3, -0.25) is 4.84 Å². The normalized spacial score (nSPS) is 21.6. The number of nitrogens with one attached hydrogen (secondary N) is 1. The molecule has 0 radical (unpaired) electrons. The molecule has 1 aromatic rings. The summed E-state index contributed by atoms with van der Waals surface area (Å²) in [4.78, 5) is 5.02. The van der Waals surface area contributed by atoms with Crippen LogP contribution in [0.3, 0.4) is 0 Å². The zero-order valence-electron chi connectivity index (χ0n) is 7.89. The van der Waals surface area contributed by atoms with E-state index in [1.807, 2.05) is 10.9 Å². The van der Waals surface area contributed by atoms with E-state index in [1.165, 1.54) is 0 Å². The van der Waals surface area contributed by atoms with Crippen molar-refractivity contribution in [1.82, 2.24) is 20.5 Å². The van der Waals surface area contributed by atoms with Crippen LogP contribution in [0, 0.1) is 0 Å². The topological polar surface area (TPSA) is 72.2 Å². The van der Waals surface area contributed by atoms with Gasteiger partial charge >= 0.3 is 0 Å². The van der Waals surface area contributed by atoms with Crippen molar-refractivity contribution in [2.75, 3.05) is 19.8 Å². The minimum absolute atomic E-state index is 0.195. The van der Waals surface area contributed by atoms with Gasteiger partial charge in [-0.2, -0.15) is 0 Å². The Balaban J connectivity index is 1.94. The lowest BCUT2D eigenvalue weighted by Crippen LogP contribution is -2.14. The SMILES string of the molecule is OCCCc1cn([C@H]2CNOC2)nn1. The zero-order valence-corrected chi connectivity index (χ0v) is 7.89. The van der Waals surface area contributed by atoms with Crippen LogP contribution < -0.4 is 5.48 Å². The molecule has 0 spiro atoms. The standard InChI is InChI=1S/C8H14N4O2/c13-3-1-2-7-5-12(11-10-7)8-4-9-14-6-8/h5,8-9,13H,1-4,6H2/t8-/m0/s1. The number of rotatable bonds is 4. The highest BCUT2D eigenvalue weighted by Gasteiger charge is 2.18. The molecule has 0 saturated carbocycles. The molecule has 2 rings (SSSR count). The fraction of sp³-hybridized carbons (Fsp3) is 0.750. The maximum atomic E-state index is 8.66. The van der Waals surface area contributed by atoms with Crippen molar-refractivity contribution >= 4 is 0 Å². The van der Waals surface area contributed by atoms with Gasteiger partial charge in [-0.15, -0.1) is 5.10 Å². The Labute approximate surface area is 81.8 Å². The molecular weight excluding hydrogens is 184 g/mol. The first-order chi connectivity index (χ1) is 6.90. The molecule has 78 valence electrons. The Bertz CT molecular complexity index is 283. The quantitative estimate of drug-likeness (QED) is 0.668. The van der Waals surface area contributed by atoms with Gasteiger partial charge in [0.2, 0.25) is 0 Å². The van der Waals surface area contributed by atoms with Gasteiger partial charge in [-0.05, 0) is 12.8 Å². The average Bonchev–Trinajstić information content (AvgIpc) is 2.85. The highest BCUT2D eigenvalue weighted by Crippen LogP contribution is 2.09. The van der Waals surface area contributed by atoms with E-state index in [2.05, 4.69) is 15.8 Å². The van der Waals surface area contributed by atoms with Crippen LogP contribution in [0.25, 0.3) is 0 Å². The van der Waals surface area contributed by atoms with Gasteiger partial charge in [-0.25, -0.2) is 10.2 Å². The molecule has 2 heterocycles. The molecule has 14 heavy (non-hydrogen) atoms. The summed E-state index contributed by atoms with van der Waals surface area (Å²) in [5.74, 6) is 0. The highest BCUT2D eigenvalue weighted by molar-refractivity contribution is 4.94. The Morgan fingerprint density at radius 1 is 1.71 bits per heavy atom. The molecule has 0 amide bonds. The van der Waals surface area contributed by atoms with Crippen LogP contribution >= 0.6 is 0 Å². The second-order valence-corrected chi connectivity index (χ2v) is 3.33. The van der Waals surface area contributed by atoms with Crippen molar-refractivity contribution in [3.8, 4) is 0 Å². The van der Waals surface area contributed by atoms with Crippen molar-refractivity contribution in [2.24, 2.45) is 0 Å². The molecular formula is C8H14N4O2. The molecule has 1 aromatic heterocycles. The van der Waals surface area contributed by atoms with Crippen molar-refractivity contribution < 1.29 is 9.94 Å². The molecule has 1 aliphatic heterocycles. The van der Waals surface area contributed by atoms with Gasteiger partial charge in [0, 0.05) is 19.3 Å². The highest BCUT2D eigenvalue weighted by atomic mass is 16.7. The number of aryl methyl sites for hydroxylation is 1. The number of aliphatic hydroxyl groups is 1. The average molecular weight is 198 g/mol.